The highest BCUT2D eigenvalue weighted by Gasteiger charge is 2.02. The van der Waals surface area contributed by atoms with Crippen molar-refractivity contribution in [2.45, 2.75) is 12.8 Å². The third-order valence-corrected chi connectivity index (χ3v) is 1.49. The summed E-state index contributed by atoms with van der Waals surface area (Å²) in [6.07, 6.45) is 1.61. The number of nitrogens with zero attached hydrogens (tertiary/aromatic N) is 2. The van der Waals surface area contributed by atoms with Gasteiger partial charge in [-0.1, -0.05) is 0 Å². The molecule has 3 nitrogen and oxygen atoms in total. The predicted octanol–water partition coefficient (Wildman–Crippen LogP) is 0.416. The van der Waals surface area contributed by atoms with Crippen LogP contribution in [-0.2, 0) is 4.79 Å². The van der Waals surface area contributed by atoms with E-state index in [0.717, 1.165) is 13.0 Å². The molecular formula is C8H18N2O. The molecule has 0 aromatic carbocycles. The predicted molar refractivity (Wildman–Crippen MR) is 46.5 cm³/mol. The van der Waals surface area contributed by atoms with Gasteiger partial charge in [0.15, 0.2) is 0 Å². The molecule has 0 fully saturated rings. The van der Waals surface area contributed by atoms with E-state index in [1.807, 2.05) is 14.1 Å². The molecule has 0 bridgehead atoms. The number of hydrogen-bond donors (Lipinski definition) is 0. The van der Waals surface area contributed by atoms with Gasteiger partial charge in [0.1, 0.15) is 0 Å². The lowest BCUT2D eigenvalue weighted by Crippen LogP contribution is -2.23. The average molecular weight is 158 g/mol. The van der Waals surface area contributed by atoms with Crippen LogP contribution in [0, 0.1) is 0 Å². The number of hydrogen-bond acceptors (Lipinski definition) is 2. The highest BCUT2D eigenvalue weighted by molar-refractivity contribution is 5.75. The van der Waals surface area contributed by atoms with E-state index in [4.69, 9.17) is 0 Å². The Morgan fingerprint density at radius 3 is 2.09 bits per heavy atom. The first-order valence-electron chi connectivity index (χ1n) is 3.89. The minimum Gasteiger partial charge on any atom is -0.349 e. The monoisotopic (exact) mass is 158 g/mol. The maximum atomic E-state index is 11.0. The van der Waals surface area contributed by atoms with Crippen molar-refractivity contribution in [2.24, 2.45) is 0 Å². The van der Waals surface area contributed by atoms with Crippen LogP contribution in [0.25, 0.3) is 0 Å². The molecule has 0 aliphatic heterocycles. The van der Waals surface area contributed by atoms with Gasteiger partial charge in [0.25, 0.3) is 0 Å². The Bertz CT molecular complexity index is 121. The van der Waals surface area contributed by atoms with Gasteiger partial charge >= 0.3 is 0 Å². The summed E-state index contributed by atoms with van der Waals surface area (Å²) < 4.78 is 0. The van der Waals surface area contributed by atoms with Crippen LogP contribution in [0.2, 0.25) is 0 Å². The van der Waals surface area contributed by atoms with Crippen molar-refractivity contribution < 1.29 is 4.79 Å². The first-order chi connectivity index (χ1) is 5.04. The zero-order valence-electron chi connectivity index (χ0n) is 7.92. The van der Waals surface area contributed by atoms with E-state index in [9.17, 15) is 4.79 Å². The molecule has 1 amide bonds. The summed E-state index contributed by atoms with van der Waals surface area (Å²) in [7, 11) is 7.61. The van der Waals surface area contributed by atoms with Crippen molar-refractivity contribution in [2.75, 3.05) is 34.7 Å². The summed E-state index contributed by atoms with van der Waals surface area (Å²) in [5, 5.41) is 0. The number of carbonyl (C=O) groups is 1. The number of rotatable bonds is 4. The van der Waals surface area contributed by atoms with Crippen LogP contribution in [0.3, 0.4) is 0 Å². The molecule has 0 aromatic rings. The van der Waals surface area contributed by atoms with Gasteiger partial charge in [-0.25, -0.2) is 0 Å². The summed E-state index contributed by atoms with van der Waals surface area (Å²) >= 11 is 0. The van der Waals surface area contributed by atoms with E-state index < -0.39 is 0 Å². The van der Waals surface area contributed by atoms with Gasteiger partial charge in [-0.2, -0.15) is 0 Å². The van der Waals surface area contributed by atoms with Gasteiger partial charge in [-0.05, 0) is 27.1 Å². The topological polar surface area (TPSA) is 23.6 Å². The standard InChI is InChI=1S/C8H18N2O/c1-9(2)7-5-6-8(11)10(3)4/h5-7H2,1-4H3. The molecule has 0 aliphatic rings. The van der Waals surface area contributed by atoms with Crippen LogP contribution in [-0.4, -0.2) is 50.4 Å². The Morgan fingerprint density at radius 1 is 1.18 bits per heavy atom. The highest BCUT2D eigenvalue weighted by atomic mass is 16.2. The SMILES string of the molecule is CN(C)CCCC(=O)N(C)C. The summed E-state index contributed by atoms with van der Waals surface area (Å²) in [5.41, 5.74) is 0. The summed E-state index contributed by atoms with van der Waals surface area (Å²) in [6.45, 7) is 0.986. The minimum absolute atomic E-state index is 0.215. The molecule has 11 heavy (non-hydrogen) atoms. The Hall–Kier alpha value is -0.570. The lowest BCUT2D eigenvalue weighted by molar-refractivity contribution is -0.128. The smallest absolute Gasteiger partial charge is 0.222 e. The van der Waals surface area contributed by atoms with Crippen molar-refractivity contribution >= 4 is 5.91 Å². The van der Waals surface area contributed by atoms with Crippen LogP contribution in [0.15, 0.2) is 0 Å². The van der Waals surface area contributed by atoms with Crippen molar-refractivity contribution in [3.63, 3.8) is 0 Å². The number of amides is 1. The van der Waals surface area contributed by atoms with E-state index in [-0.39, 0.29) is 5.91 Å². The highest BCUT2D eigenvalue weighted by Crippen LogP contribution is 1.93. The van der Waals surface area contributed by atoms with Gasteiger partial charge in [0.2, 0.25) is 5.91 Å². The van der Waals surface area contributed by atoms with Crippen LogP contribution in [0.4, 0.5) is 0 Å². The molecule has 0 spiro atoms. The first-order valence-corrected chi connectivity index (χ1v) is 3.89. The maximum Gasteiger partial charge on any atom is 0.222 e. The second kappa shape index (κ2) is 5.13. The van der Waals surface area contributed by atoms with E-state index in [1.54, 1.807) is 19.0 Å². The molecule has 0 atom stereocenters. The Morgan fingerprint density at radius 2 is 1.73 bits per heavy atom. The largest absolute Gasteiger partial charge is 0.349 e. The molecular weight excluding hydrogens is 140 g/mol. The van der Waals surface area contributed by atoms with Crippen LogP contribution in [0.5, 0.6) is 0 Å². The van der Waals surface area contributed by atoms with Crippen molar-refractivity contribution in [3.8, 4) is 0 Å². The molecule has 0 saturated heterocycles. The normalized spacial score (nSPS) is 10.3. The summed E-state index contributed by atoms with van der Waals surface area (Å²) in [4.78, 5) is 14.8. The molecule has 3 heteroatoms. The molecule has 0 heterocycles. The van der Waals surface area contributed by atoms with E-state index in [1.165, 1.54) is 0 Å². The van der Waals surface area contributed by atoms with Gasteiger partial charge in [-0.15, -0.1) is 0 Å². The van der Waals surface area contributed by atoms with Crippen molar-refractivity contribution in [1.29, 1.82) is 0 Å². The third kappa shape index (κ3) is 5.85. The van der Waals surface area contributed by atoms with E-state index in [2.05, 4.69) is 4.90 Å². The molecule has 0 unspecified atom stereocenters. The lowest BCUT2D eigenvalue weighted by atomic mass is 10.3. The fourth-order valence-electron chi connectivity index (χ4n) is 0.770. The first kappa shape index (κ1) is 10.4. The fourth-order valence-corrected chi connectivity index (χ4v) is 0.770. The van der Waals surface area contributed by atoms with Crippen molar-refractivity contribution in [1.82, 2.24) is 9.80 Å². The van der Waals surface area contributed by atoms with Gasteiger partial charge in [0.05, 0.1) is 0 Å². The zero-order valence-corrected chi connectivity index (χ0v) is 7.92. The maximum absolute atomic E-state index is 11.0. The van der Waals surface area contributed by atoms with Gasteiger partial charge in [-0.3, -0.25) is 4.79 Å². The lowest BCUT2D eigenvalue weighted by Gasteiger charge is -2.11. The molecule has 0 saturated carbocycles. The molecule has 0 rings (SSSR count). The molecule has 0 N–H and O–H groups in total. The Labute approximate surface area is 69.0 Å². The van der Waals surface area contributed by atoms with Crippen LogP contribution < -0.4 is 0 Å². The summed E-state index contributed by atoms with van der Waals surface area (Å²) in [6, 6.07) is 0. The quantitative estimate of drug-likeness (QED) is 0.592. The average Bonchev–Trinajstić information content (AvgIpc) is 1.86. The van der Waals surface area contributed by atoms with E-state index >= 15 is 0 Å². The Kier molecular flexibility index (Phi) is 4.86. The van der Waals surface area contributed by atoms with Crippen molar-refractivity contribution in [3.05, 3.63) is 0 Å². The second-order valence-electron chi connectivity index (χ2n) is 3.19. The van der Waals surface area contributed by atoms with Crippen LogP contribution >= 0.6 is 0 Å². The zero-order chi connectivity index (χ0) is 8.85. The molecule has 0 aliphatic carbocycles. The molecule has 0 radical (unpaired) electrons. The number of carbonyl (C=O) groups excluding carboxylic acids is 1. The molecule has 66 valence electrons. The fraction of sp³-hybridized carbons (Fsp3) is 0.875. The van der Waals surface area contributed by atoms with E-state index in [0.29, 0.717) is 6.42 Å². The third-order valence-electron chi connectivity index (χ3n) is 1.49. The van der Waals surface area contributed by atoms with Crippen LogP contribution in [0.1, 0.15) is 12.8 Å². The summed E-state index contributed by atoms with van der Waals surface area (Å²) in [5.74, 6) is 0.215. The minimum atomic E-state index is 0.215. The second-order valence-corrected chi connectivity index (χ2v) is 3.19. The van der Waals surface area contributed by atoms with Gasteiger partial charge in [0, 0.05) is 20.5 Å². The van der Waals surface area contributed by atoms with Gasteiger partial charge < -0.3 is 9.80 Å². The molecule has 0 aromatic heterocycles. The Balaban J connectivity index is 3.32.